The van der Waals surface area contributed by atoms with Crippen LogP contribution < -0.4 is 9.47 Å². The van der Waals surface area contributed by atoms with Gasteiger partial charge in [0.05, 0.1) is 11.7 Å². The molecule has 8 heteroatoms. The summed E-state index contributed by atoms with van der Waals surface area (Å²) in [5.74, 6) is 1.62. The maximum atomic E-state index is 13.2. The molecule has 0 N–H and O–H groups in total. The number of amides is 1. The zero-order valence-corrected chi connectivity index (χ0v) is 16.5. The van der Waals surface area contributed by atoms with E-state index in [0.717, 1.165) is 24.2 Å². The van der Waals surface area contributed by atoms with Crippen molar-refractivity contribution in [1.82, 2.24) is 19.7 Å². The highest BCUT2D eigenvalue weighted by Crippen LogP contribution is 2.38. The molecule has 30 heavy (non-hydrogen) atoms. The fourth-order valence-corrected chi connectivity index (χ4v) is 4.06. The Morgan fingerprint density at radius 3 is 2.67 bits per heavy atom. The van der Waals surface area contributed by atoms with Crippen LogP contribution in [0.4, 0.5) is 4.39 Å². The molecule has 0 radical (unpaired) electrons. The smallest absolute Gasteiger partial charge is 0.294 e. The highest BCUT2D eigenvalue weighted by atomic mass is 19.1. The van der Waals surface area contributed by atoms with Gasteiger partial charge < -0.3 is 14.4 Å². The summed E-state index contributed by atoms with van der Waals surface area (Å²) in [7, 11) is 0. The summed E-state index contributed by atoms with van der Waals surface area (Å²) in [5.41, 5.74) is 1.67. The lowest BCUT2D eigenvalue weighted by atomic mass is 10.0. The average Bonchev–Trinajstić information content (AvgIpc) is 3.41. The van der Waals surface area contributed by atoms with Crippen molar-refractivity contribution in [3.05, 3.63) is 65.5 Å². The average molecular weight is 408 g/mol. The third-order valence-corrected chi connectivity index (χ3v) is 5.50. The topological polar surface area (TPSA) is 69.5 Å². The Kier molecular flexibility index (Phi) is 4.61. The molecule has 7 nitrogen and oxygen atoms in total. The van der Waals surface area contributed by atoms with Crippen LogP contribution in [-0.4, -0.2) is 45.3 Å². The second-order valence-electron chi connectivity index (χ2n) is 7.43. The largest absolute Gasteiger partial charge is 0.486 e. The fraction of sp³-hybridized carbons (Fsp3) is 0.318. The third-order valence-electron chi connectivity index (χ3n) is 5.50. The predicted octanol–water partition coefficient (Wildman–Crippen LogP) is 3.46. The zero-order valence-electron chi connectivity index (χ0n) is 16.5. The van der Waals surface area contributed by atoms with Crippen LogP contribution in [-0.2, 0) is 0 Å². The standard InChI is InChI=1S/C22H21FN4O3/c1-14-24-21(25-27(14)17-7-5-16(23)6-8-17)22(28)26-10-2-3-18(26)15-4-9-19-20(13-15)30-12-11-29-19/h4-9,13,18H,2-3,10-12H2,1H3. The van der Waals surface area contributed by atoms with Crippen LogP contribution in [0.2, 0.25) is 0 Å². The Bertz CT molecular complexity index is 1100. The number of aromatic nitrogens is 3. The first kappa shape index (κ1) is 18.6. The Labute approximate surface area is 173 Å². The van der Waals surface area contributed by atoms with E-state index in [-0.39, 0.29) is 23.6 Å². The van der Waals surface area contributed by atoms with E-state index in [0.29, 0.717) is 37.0 Å². The number of nitrogens with zero attached hydrogens (tertiary/aromatic N) is 4. The Balaban J connectivity index is 1.42. The quantitative estimate of drug-likeness (QED) is 0.664. The van der Waals surface area contributed by atoms with Crippen molar-refractivity contribution in [2.45, 2.75) is 25.8 Å². The molecule has 1 atom stereocenters. The number of ether oxygens (including phenoxy) is 2. The summed E-state index contributed by atoms with van der Waals surface area (Å²) in [6.45, 7) is 3.48. The molecule has 1 unspecified atom stereocenters. The van der Waals surface area contributed by atoms with Gasteiger partial charge >= 0.3 is 0 Å². The minimum atomic E-state index is -0.327. The first-order valence-corrected chi connectivity index (χ1v) is 10.0. The van der Waals surface area contributed by atoms with E-state index >= 15 is 0 Å². The molecular weight excluding hydrogens is 387 g/mol. The van der Waals surface area contributed by atoms with Crippen LogP contribution in [0.25, 0.3) is 5.69 Å². The number of carbonyl (C=O) groups is 1. The predicted molar refractivity (Wildman–Crippen MR) is 106 cm³/mol. The van der Waals surface area contributed by atoms with E-state index in [9.17, 15) is 9.18 Å². The lowest BCUT2D eigenvalue weighted by Gasteiger charge is -2.26. The maximum absolute atomic E-state index is 13.2. The van der Waals surface area contributed by atoms with Crippen molar-refractivity contribution in [3.8, 4) is 17.2 Å². The van der Waals surface area contributed by atoms with Crippen LogP contribution in [0.1, 0.15) is 40.9 Å². The molecule has 3 heterocycles. The van der Waals surface area contributed by atoms with Crippen molar-refractivity contribution in [1.29, 1.82) is 0 Å². The summed E-state index contributed by atoms with van der Waals surface area (Å²) in [6.07, 6.45) is 1.77. The second-order valence-corrected chi connectivity index (χ2v) is 7.43. The lowest BCUT2D eigenvalue weighted by Crippen LogP contribution is -2.31. The molecule has 0 bridgehead atoms. The normalized spacial score (nSPS) is 17.9. The molecule has 154 valence electrons. The van der Waals surface area contributed by atoms with Crippen LogP contribution in [0.5, 0.6) is 11.5 Å². The van der Waals surface area contributed by atoms with Gasteiger partial charge in [0.25, 0.3) is 5.91 Å². The third kappa shape index (κ3) is 3.28. The molecule has 0 saturated carbocycles. The van der Waals surface area contributed by atoms with Gasteiger partial charge in [-0.25, -0.2) is 14.1 Å². The van der Waals surface area contributed by atoms with Gasteiger partial charge in [0.1, 0.15) is 24.9 Å². The van der Waals surface area contributed by atoms with Gasteiger partial charge in [-0.15, -0.1) is 5.10 Å². The van der Waals surface area contributed by atoms with Gasteiger partial charge in [0.2, 0.25) is 5.82 Å². The van der Waals surface area contributed by atoms with Crippen molar-refractivity contribution >= 4 is 5.91 Å². The van der Waals surface area contributed by atoms with Gasteiger partial charge in [-0.1, -0.05) is 6.07 Å². The Morgan fingerprint density at radius 1 is 1.10 bits per heavy atom. The van der Waals surface area contributed by atoms with Gasteiger partial charge in [0, 0.05) is 6.54 Å². The first-order valence-electron chi connectivity index (χ1n) is 10.0. The van der Waals surface area contributed by atoms with E-state index in [2.05, 4.69) is 10.1 Å². The zero-order chi connectivity index (χ0) is 20.7. The number of halogens is 1. The first-order chi connectivity index (χ1) is 14.6. The minimum absolute atomic E-state index is 0.0635. The van der Waals surface area contributed by atoms with Crippen molar-refractivity contribution in [2.75, 3.05) is 19.8 Å². The van der Waals surface area contributed by atoms with Crippen LogP contribution >= 0.6 is 0 Å². The van der Waals surface area contributed by atoms with Crippen molar-refractivity contribution in [2.24, 2.45) is 0 Å². The SMILES string of the molecule is Cc1nc(C(=O)N2CCCC2c2ccc3c(c2)OCCO3)nn1-c1ccc(F)cc1. The second kappa shape index (κ2) is 7.44. The van der Waals surface area contributed by atoms with Gasteiger partial charge in [-0.05, 0) is 61.7 Å². The van der Waals surface area contributed by atoms with E-state index in [4.69, 9.17) is 9.47 Å². The molecule has 2 aliphatic heterocycles. The molecule has 5 rings (SSSR count). The monoisotopic (exact) mass is 408 g/mol. The van der Waals surface area contributed by atoms with E-state index in [1.807, 2.05) is 23.1 Å². The highest BCUT2D eigenvalue weighted by Gasteiger charge is 2.33. The van der Waals surface area contributed by atoms with Gasteiger partial charge in [-0.3, -0.25) is 4.79 Å². The molecule has 3 aromatic rings. The molecule has 0 aliphatic carbocycles. The molecule has 1 aromatic heterocycles. The molecule has 0 spiro atoms. The summed E-state index contributed by atoms with van der Waals surface area (Å²) in [6, 6.07) is 11.7. The van der Waals surface area contributed by atoms with Gasteiger partial charge in [-0.2, -0.15) is 0 Å². The van der Waals surface area contributed by atoms with Gasteiger partial charge in [0.15, 0.2) is 11.5 Å². The Hall–Kier alpha value is -3.42. The number of aryl methyl sites for hydroxylation is 1. The molecule has 1 saturated heterocycles. The summed E-state index contributed by atoms with van der Waals surface area (Å²) in [4.78, 5) is 19.4. The van der Waals surface area contributed by atoms with E-state index in [1.165, 1.54) is 12.1 Å². The van der Waals surface area contributed by atoms with Crippen LogP contribution in [0, 0.1) is 12.7 Å². The fourth-order valence-electron chi connectivity index (χ4n) is 4.06. The highest BCUT2D eigenvalue weighted by molar-refractivity contribution is 5.91. The van der Waals surface area contributed by atoms with Crippen molar-refractivity contribution < 1.29 is 18.7 Å². The molecule has 1 amide bonds. The molecule has 2 aromatic carbocycles. The summed E-state index contributed by atoms with van der Waals surface area (Å²) >= 11 is 0. The number of hydrogen-bond donors (Lipinski definition) is 0. The molecule has 1 fully saturated rings. The summed E-state index contributed by atoms with van der Waals surface area (Å²) in [5, 5.41) is 4.40. The number of rotatable bonds is 3. The maximum Gasteiger partial charge on any atom is 0.294 e. The number of hydrogen-bond acceptors (Lipinski definition) is 5. The number of carbonyl (C=O) groups excluding carboxylic acids is 1. The minimum Gasteiger partial charge on any atom is -0.486 e. The lowest BCUT2D eigenvalue weighted by molar-refractivity contribution is 0.0722. The molecule has 2 aliphatic rings. The summed E-state index contributed by atoms with van der Waals surface area (Å²) < 4.78 is 26.1. The van der Waals surface area contributed by atoms with Crippen molar-refractivity contribution in [3.63, 3.8) is 0 Å². The van der Waals surface area contributed by atoms with Crippen LogP contribution in [0.3, 0.4) is 0 Å². The number of likely N-dealkylation sites (tertiary alicyclic amines) is 1. The number of benzene rings is 2. The van der Waals surface area contributed by atoms with Crippen LogP contribution in [0.15, 0.2) is 42.5 Å². The van der Waals surface area contributed by atoms with E-state index < -0.39 is 0 Å². The Morgan fingerprint density at radius 2 is 1.87 bits per heavy atom. The number of fused-ring (bicyclic) bond motifs is 1. The molecular formula is C22H21FN4O3. The van der Waals surface area contributed by atoms with E-state index in [1.54, 1.807) is 23.7 Å².